The third kappa shape index (κ3) is 12.1. The quantitative estimate of drug-likeness (QED) is 0.0792. The fraction of sp³-hybridized carbons (Fsp3) is 0.459. The van der Waals surface area contributed by atoms with Crippen LogP contribution in [-0.2, 0) is 4.74 Å². The fourth-order valence-corrected chi connectivity index (χ4v) is 5.53. The second-order valence-corrected chi connectivity index (χ2v) is 12.1. The van der Waals surface area contributed by atoms with Crippen LogP contribution in [0.2, 0.25) is 0 Å². The molecule has 3 aromatic rings. The van der Waals surface area contributed by atoms with Gasteiger partial charge in [0.25, 0.3) is 0 Å². The van der Waals surface area contributed by atoms with Crippen molar-refractivity contribution in [2.75, 3.05) is 6.61 Å². The summed E-state index contributed by atoms with van der Waals surface area (Å²) in [4.78, 5) is 26.1. The molecule has 0 radical (unpaired) electrons. The van der Waals surface area contributed by atoms with Crippen LogP contribution in [0.15, 0.2) is 77.7 Å². The van der Waals surface area contributed by atoms with Crippen molar-refractivity contribution in [1.29, 1.82) is 0 Å². The molecule has 1 atom stereocenters. The predicted molar refractivity (Wildman–Crippen MR) is 176 cm³/mol. The average Bonchev–Trinajstić information content (AvgIpc) is 3.01. The number of benzene rings is 3. The third-order valence-electron chi connectivity index (χ3n) is 7.40. The largest absolute Gasteiger partial charge is 0.494 e. The fourth-order valence-electron chi connectivity index (χ4n) is 4.78. The maximum Gasteiger partial charge on any atom is 0.338 e. The van der Waals surface area contributed by atoms with Crippen LogP contribution >= 0.6 is 11.8 Å². The molecular formula is C37H48O4S. The van der Waals surface area contributed by atoms with E-state index in [0.717, 1.165) is 59.4 Å². The van der Waals surface area contributed by atoms with Crippen LogP contribution in [-0.4, -0.2) is 23.8 Å². The Morgan fingerprint density at radius 1 is 0.643 bits per heavy atom. The highest BCUT2D eigenvalue weighted by molar-refractivity contribution is 8.14. The van der Waals surface area contributed by atoms with Crippen LogP contribution in [0, 0.1) is 0 Å². The number of unbranched alkanes of at least 4 members (excludes halogenated alkanes) is 9. The first-order valence-electron chi connectivity index (χ1n) is 15.9. The molecule has 0 aliphatic rings. The van der Waals surface area contributed by atoms with Gasteiger partial charge < -0.3 is 9.47 Å². The Labute approximate surface area is 257 Å². The van der Waals surface area contributed by atoms with Crippen molar-refractivity contribution in [3.05, 3.63) is 83.9 Å². The number of carbonyl (C=O) groups excluding carboxylic acids is 2. The van der Waals surface area contributed by atoms with Gasteiger partial charge in [0.1, 0.15) is 5.75 Å². The number of ether oxygens (including phenoxy) is 2. The van der Waals surface area contributed by atoms with Crippen molar-refractivity contribution < 1.29 is 19.1 Å². The van der Waals surface area contributed by atoms with Gasteiger partial charge in [-0.2, -0.15) is 0 Å². The molecule has 0 saturated heterocycles. The van der Waals surface area contributed by atoms with Gasteiger partial charge in [-0.05, 0) is 97.6 Å². The Kier molecular flexibility index (Phi) is 15.3. The van der Waals surface area contributed by atoms with E-state index in [4.69, 9.17) is 9.47 Å². The highest BCUT2D eigenvalue weighted by Gasteiger charge is 2.14. The summed E-state index contributed by atoms with van der Waals surface area (Å²) < 4.78 is 11.5. The van der Waals surface area contributed by atoms with Crippen LogP contribution in [0.5, 0.6) is 5.75 Å². The molecule has 0 spiro atoms. The summed E-state index contributed by atoms with van der Waals surface area (Å²) >= 11 is 1.16. The number of esters is 1. The second-order valence-electron chi connectivity index (χ2n) is 11.1. The number of hydrogen-bond acceptors (Lipinski definition) is 5. The zero-order chi connectivity index (χ0) is 30.0. The Hall–Kier alpha value is -3.05. The van der Waals surface area contributed by atoms with Gasteiger partial charge in [-0.15, -0.1) is 0 Å². The zero-order valence-electron chi connectivity index (χ0n) is 25.7. The van der Waals surface area contributed by atoms with Gasteiger partial charge in [0, 0.05) is 10.5 Å². The standard InChI is InChI=1S/C37H48O4S/c1-4-6-8-10-11-12-14-28-40-34-24-20-31(21-25-34)30-16-18-33(19-17-30)37(39)42-35-26-22-32(23-27-35)36(38)41-29(3)15-13-9-7-5-2/h16-27,29H,4-15,28H2,1-3H3/t29-/m0/s1. The van der Waals surface area contributed by atoms with E-state index in [1.165, 1.54) is 57.8 Å². The smallest absolute Gasteiger partial charge is 0.338 e. The summed E-state index contributed by atoms with van der Waals surface area (Å²) in [5.41, 5.74) is 3.28. The minimum absolute atomic E-state index is 0.0355. The molecule has 0 saturated carbocycles. The van der Waals surface area contributed by atoms with Crippen LogP contribution in [0.25, 0.3) is 11.1 Å². The normalized spacial score (nSPS) is 11.7. The van der Waals surface area contributed by atoms with Crippen LogP contribution in [0.3, 0.4) is 0 Å². The number of rotatable bonds is 19. The van der Waals surface area contributed by atoms with Gasteiger partial charge in [-0.3, -0.25) is 4.79 Å². The first-order chi connectivity index (χ1) is 20.5. The lowest BCUT2D eigenvalue weighted by Crippen LogP contribution is -2.15. The summed E-state index contributed by atoms with van der Waals surface area (Å²) in [6, 6.07) is 22.9. The molecule has 0 aliphatic heterocycles. The average molecular weight is 589 g/mol. The topological polar surface area (TPSA) is 52.6 Å². The molecule has 226 valence electrons. The van der Waals surface area contributed by atoms with E-state index in [9.17, 15) is 9.59 Å². The highest BCUT2D eigenvalue weighted by Crippen LogP contribution is 2.27. The van der Waals surface area contributed by atoms with Gasteiger partial charge in [0.05, 0.1) is 18.3 Å². The summed E-state index contributed by atoms with van der Waals surface area (Å²) in [7, 11) is 0. The molecule has 4 nitrogen and oxygen atoms in total. The van der Waals surface area contributed by atoms with Gasteiger partial charge in [0.15, 0.2) is 0 Å². The van der Waals surface area contributed by atoms with Crippen LogP contribution in [0.4, 0.5) is 0 Å². The number of carbonyl (C=O) groups is 2. The minimum Gasteiger partial charge on any atom is -0.494 e. The lowest BCUT2D eigenvalue weighted by atomic mass is 10.0. The van der Waals surface area contributed by atoms with E-state index in [1.807, 2.05) is 43.3 Å². The van der Waals surface area contributed by atoms with E-state index >= 15 is 0 Å². The van der Waals surface area contributed by atoms with Gasteiger partial charge in [0.2, 0.25) is 5.12 Å². The summed E-state index contributed by atoms with van der Waals surface area (Å²) in [5.74, 6) is 0.577. The zero-order valence-corrected chi connectivity index (χ0v) is 26.6. The van der Waals surface area contributed by atoms with Crippen molar-refractivity contribution in [2.24, 2.45) is 0 Å². The Morgan fingerprint density at radius 2 is 1.17 bits per heavy atom. The van der Waals surface area contributed by atoms with E-state index < -0.39 is 0 Å². The van der Waals surface area contributed by atoms with Crippen LogP contribution in [0.1, 0.15) is 119 Å². The van der Waals surface area contributed by atoms with E-state index in [-0.39, 0.29) is 17.2 Å². The van der Waals surface area contributed by atoms with Crippen molar-refractivity contribution in [2.45, 2.75) is 109 Å². The molecule has 42 heavy (non-hydrogen) atoms. The monoisotopic (exact) mass is 588 g/mol. The van der Waals surface area contributed by atoms with Crippen molar-refractivity contribution in [3.8, 4) is 16.9 Å². The Bertz CT molecular complexity index is 1190. The molecule has 5 heteroatoms. The Morgan fingerprint density at radius 3 is 1.79 bits per heavy atom. The molecule has 3 aromatic carbocycles. The van der Waals surface area contributed by atoms with E-state index in [1.54, 1.807) is 24.3 Å². The third-order valence-corrected chi connectivity index (χ3v) is 8.33. The molecule has 0 bridgehead atoms. The summed E-state index contributed by atoms with van der Waals surface area (Å²) in [6.07, 6.45) is 14.3. The molecule has 0 heterocycles. The molecule has 3 rings (SSSR count). The van der Waals surface area contributed by atoms with Crippen molar-refractivity contribution >= 4 is 22.8 Å². The lowest BCUT2D eigenvalue weighted by Gasteiger charge is -2.13. The maximum absolute atomic E-state index is 12.9. The molecule has 0 aliphatic carbocycles. The molecular weight excluding hydrogens is 540 g/mol. The molecule has 0 amide bonds. The molecule has 0 aromatic heterocycles. The molecule has 0 unspecified atom stereocenters. The van der Waals surface area contributed by atoms with Gasteiger partial charge in [-0.25, -0.2) is 4.79 Å². The maximum atomic E-state index is 12.9. The number of thioether (sulfide) groups is 1. The van der Waals surface area contributed by atoms with Crippen molar-refractivity contribution in [3.63, 3.8) is 0 Å². The summed E-state index contributed by atoms with van der Waals surface area (Å²) in [5, 5.41) is -0.0355. The minimum atomic E-state index is -0.316. The number of hydrogen-bond donors (Lipinski definition) is 0. The Balaban J connectivity index is 1.42. The highest BCUT2D eigenvalue weighted by atomic mass is 32.2. The predicted octanol–water partition coefficient (Wildman–Crippen LogP) is 10.9. The summed E-state index contributed by atoms with van der Waals surface area (Å²) in [6.45, 7) is 7.13. The SMILES string of the molecule is CCCCCCCCCOc1ccc(-c2ccc(C(=O)Sc3ccc(C(=O)O[C@@H](C)CCCCCC)cc3)cc2)cc1. The first kappa shape index (κ1) is 33.5. The second kappa shape index (κ2) is 19.2. The van der Waals surface area contributed by atoms with E-state index in [0.29, 0.717) is 11.1 Å². The van der Waals surface area contributed by atoms with Crippen molar-refractivity contribution in [1.82, 2.24) is 0 Å². The molecule has 0 fully saturated rings. The molecule has 0 N–H and O–H groups in total. The van der Waals surface area contributed by atoms with Gasteiger partial charge >= 0.3 is 5.97 Å². The van der Waals surface area contributed by atoms with Gasteiger partial charge in [-0.1, -0.05) is 95.9 Å². The first-order valence-corrected chi connectivity index (χ1v) is 16.7. The van der Waals surface area contributed by atoms with Crippen LogP contribution < -0.4 is 4.74 Å². The lowest BCUT2D eigenvalue weighted by molar-refractivity contribution is 0.0319. The van der Waals surface area contributed by atoms with E-state index in [2.05, 4.69) is 26.0 Å².